The van der Waals surface area contributed by atoms with Gasteiger partial charge in [0.2, 0.25) is 0 Å². The molecule has 0 saturated carbocycles. The molecule has 0 fully saturated rings. The lowest BCUT2D eigenvalue weighted by Crippen LogP contribution is -2.13. The molecule has 0 spiro atoms. The van der Waals surface area contributed by atoms with E-state index < -0.39 is 0 Å². The van der Waals surface area contributed by atoms with Crippen molar-refractivity contribution in [1.29, 1.82) is 0 Å². The quantitative estimate of drug-likeness (QED) is 0.851. The van der Waals surface area contributed by atoms with Crippen LogP contribution in [0.1, 0.15) is 21.9 Å². The minimum atomic E-state index is -0.272. The highest BCUT2D eigenvalue weighted by Gasteiger charge is 2.11. The number of nitrogens with one attached hydrogen (secondary N) is 1. The van der Waals surface area contributed by atoms with E-state index in [-0.39, 0.29) is 5.91 Å². The van der Waals surface area contributed by atoms with Crippen LogP contribution in [0, 0.1) is 13.8 Å². The molecule has 88 valence electrons. The second kappa shape index (κ2) is 4.50. The minimum Gasteiger partial charge on any atom is -0.375 e. The molecule has 2 rings (SSSR count). The fourth-order valence-electron chi connectivity index (χ4n) is 1.40. The summed E-state index contributed by atoms with van der Waals surface area (Å²) in [6.45, 7) is 3.75. The van der Waals surface area contributed by atoms with E-state index in [9.17, 15) is 4.79 Å². The first kappa shape index (κ1) is 11.5. The zero-order chi connectivity index (χ0) is 12.4. The van der Waals surface area contributed by atoms with Crippen LogP contribution in [0.15, 0.2) is 17.5 Å². The first-order valence-corrected chi connectivity index (χ1v) is 5.91. The molecule has 2 aromatic rings. The van der Waals surface area contributed by atoms with E-state index in [2.05, 4.69) is 15.3 Å². The molecule has 3 N–H and O–H groups in total. The van der Waals surface area contributed by atoms with Crippen molar-refractivity contribution in [3.05, 3.63) is 34.6 Å². The first-order valence-electron chi connectivity index (χ1n) is 5.03. The SMILES string of the molecule is Cc1ccc(NC(=O)c2csc(N)n2)c(C)n1. The van der Waals surface area contributed by atoms with Gasteiger partial charge in [-0.3, -0.25) is 9.78 Å². The van der Waals surface area contributed by atoms with Crippen LogP contribution in [0.25, 0.3) is 0 Å². The number of nitrogens with zero attached hydrogens (tertiary/aromatic N) is 2. The Kier molecular flexibility index (Phi) is 3.06. The minimum absolute atomic E-state index is 0.272. The number of hydrogen-bond acceptors (Lipinski definition) is 5. The molecule has 0 bridgehead atoms. The van der Waals surface area contributed by atoms with Crippen LogP contribution in [0.3, 0.4) is 0 Å². The fraction of sp³-hybridized carbons (Fsp3) is 0.182. The number of thiazole rings is 1. The summed E-state index contributed by atoms with van der Waals surface area (Å²) in [7, 11) is 0. The molecule has 2 heterocycles. The second-order valence-corrected chi connectivity index (χ2v) is 4.50. The molecule has 0 aromatic carbocycles. The highest BCUT2D eigenvalue weighted by atomic mass is 32.1. The summed E-state index contributed by atoms with van der Waals surface area (Å²) in [4.78, 5) is 20.0. The van der Waals surface area contributed by atoms with E-state index in [0.29, 0.717) is 16.5 Å². The van der Waals surface area contributed by atoms with Gasteiger partial charge in [0.05, 0.1) is 11.4 Å². The summed E-state index contributed by atoms with van der Waals surface area (Å²) in [5.41, 5.74) is 8.18. The number of pyridine rings is 1. The second-order valence-electron chi connectivity index (χ2n) is 3.61. The monoisotopic (exact) mass is 248 g/mol. The molecule has 0 unspecified atom stereocenters. The Morgan fingerprint density at radius 3 is 2.71 bits per heavy atom. The van der Waals surface area contributed by atoms with E-state index >= 15 is 0 Å². The summed E-state index contributed by atoms with van der Waals surface area (Å²) in [5, 5.41) is 4.76. The molecule has 5 nitrogen and oxygen atoms in total. The highest BCUT2D eigenvalue weighted by molar-refractivity contribution is 7.13. The number of carbonyl (C=O) groups is 1. The molecule has 2 aromatic heterocycles. The van der Waals surface area contributed by atoms with E-state index in [0.717, 1.165) is 11.4 Å². The molecule has 6 heteroatoms. The number of nitrogens with two attached hydrogens (primary N) is 1. The van der Waals surface area contributed by atoms with E-state index in [1.165, 1.54) is 11.3 Å². The Morgan fingerprint density at radius 2 is 2.12 bits per heavy atom. The topological polar surface area (TPSA) is 80.9 Å². The van der Waals surface area contributed by atoms with E-state index in [1.54, 1.807) is 5.38 Å². The van der Waals surface area contributed by atoms with Gasteiger partial charge in [0, 0.05) is 11.1 Å². The summed E-state index contributed by atoms with van der Waals surface area (Å²) < 4.78 is 0. The van der Waals surface area contributed by atoms with Crippen LogP contribution in [0.4, 0.5) is 10.8 Å². The average Bonchev–Trinajstić information content (AvgIpc) is 2.69. The summed E-state index contributed by atoms with van der Waals surface area (Å²) in [6.07, 6.45) is 0. The largest absolute Gasteiger partial charge is 0.375 e. The van der Waals surface area contributed by atoms with Gasteiger partial charge >= 0.3 is 0 Å². The number of aryl methyl sites for hydroxylation is 2. The number of carbonyl (C=O) groups excluding carboxylic acids is 1. The van der Waals surface area contributed by atoms with Gasteiger partial charge in [-0.15, -0.1) is 11.3 Å². The summed E-state index contributed by atoms with van der Waals surface area (Å²) in [6, 6.07) is 3.67. The van der Waals surface area contributed by atoms with Gasteiger partial charge in [-0.25, -0.2) is 4.98 Å². The van der Waals surface area contributed by atoms with Crippen molar-refractivity contribution < 1.29 is 4.79 Å². The first-order chi connectivity index (χ1) is 8.06. The maximum absolute atomic E-state index is 11.8. The Labute approximate surface area is 103 Å². The predicted octanol–water partition coefficient (Wildman–Crippen LogP) is 1.99. The van der Waals surface area contributed by atoms with Gasteiger partial charge in [0.1, 0.15) is 5.69 Å². The maximum Gasteiger partial charge on any atom is 0.275 e. The number of anilines is 2. The van der Waals surface area contributed by atoms with Gasteiger partial charge in [0.15, 0.2) is 5.13 Å². The van der Waals surface area contributed by atoms with Crippen molar-refractivity contribution in [3.63, 3.8) is 0 Å². The number of nitrogen functional groups attached to an aromatic ring is 1. The summed E-state index contributed by atoms with van der Waals surface area (Å²) >= 11 is 1.24. The number of amides is 1. The van der Waals surface area contributed by atoms with Crippen LogP contribution in [0.5, 0.6) is 0 Å². The molecular formula is C11H12N4OS. The fourth-order valence-corrected chi connectivity index (χ4v) is 1.94. The Morgan fingerprint density at radius 1 is 1.35 bits per heavy atom. The zero-order valence-electron chi connectivity index (χ0n) is 9.52. The maximum atomic E-state index is 11.8. The van der Waals surface area contributed by atoms with Crippen molar-refractivity contribution >= 4 is 28.1 Å². The Bertz CT molecular complexity index is 564. The molecule has 0 aliphatic carbocycles. The van der Waals surface area contributed by atoms with Crippen molar-refractivity contribution in [2.45, 2.75) is 13.8 Å². The Hall–Kier alpha value is -1.95. The van der Waals surface area contributed by atoms with Crippen molar-refractivity contribution in [1.82, 2.24) is 9.97 Å². The van der Waals surface area contributed by atoms with Crippen LogP contribution in [-0.2, 0) is 0 Å². The third kappa shape index (κ3) is 2.59. The van der Waals surface area contributed by atoms with Crippen LogP contribution in [-0.4, -0.2) is 15.9 Å². The molecule has 0 atom stereocenters. The van der Waals surface area contributed by atoms with Crippen LogP contribution in [0.2, 0.25) is 0 Å². The lowest BCUT2D eigenvalue weighted by Gasteiger charge is -2.06. The van der Waals surface area contributed by atoms with Crippen LogP contribution < -0.4 is 11.1 Å². The lowest BCUT2D eigenvalue weighted by molar-refractivity contribution is 0.102. The van der Waals surface area contributed by atoms with E-state index in [4.69, 9.17) is 5.73 Å². The predicted molar refractivity (Wildman–Crippen MR) is 68.2 cm³/mol. The Balaban J connectivity index is 2.18. The molecular weight excluding hydrogens is 236 g/mol. The van der Waals surface area contributed by atoms with Gasteiger partial charge in [-0.2, -0.15) is 0 Å². The smallest absolute Gasteiger partial charge is 0.275 e. The third-order valence-electron chi connectivity index (χ3n) is 2.23. The third-order valence-corrected chi connectivity index (χ3v) is 2.90. The summed E-state index contributed by atoms with van der Waals surface area (Å²) in [5.74, 6) is -0.272. The van der Waals surface area contributed by atoms with Gasteiger partial charge < -0.3 is 11.1 Å². The number of hydrogen-bond donors (Lipinski definition) is 2. The lowest BCUT2D eigenvalue weighted by atomic mass is 10.2. The molecule has 0 aliphatic heterocycles. The number of aromatic nitrogens is 2. The van der Waals surface area contributed by atoms with E-state index in [1.807, 2.05) is 26.0 Å². The zero-order valence-corrected chi connectivity index (χ0v) is 10.3. The number of rotatable bonds is 2. The molecule has 0 saturated heterocycles. The highest BCUT2D eigenvalue weighted by Crippen LogP contribution is 2.16. The van der Waals surface area contributed by atoms with Gasteiger partial charge in [0.25, 0.3) is 5.91 Å². The van der Waals surface area contributed by atoms with Crippen molar-refractivity contribution in [2.75, 3.05) is 11.1 Å². The normalized spacial score (nSPS) is 10.2. The standard InChI is InChI=1S/C11H12N4OS/c1-6-3-4-8(7(2)13-6)14-10(16)9-5-17-11(12)15-9/h3-5H,1-2H3,(H2,12,15)(H,14,16). The van der Waals surface area contributed by atoms with Gasteiger partial charge in [-0.05, 0) is 26.0 Å². The molecule has 0 radical (unpaired) electrons. The average molecular weight is 248 g/mol. The van der Waals surface area contributed by atoms with Crippen molar-refractivity contribution in [3.8, 4) is 0 Å². The van der Waals surface area contributed by atoms with Gasteiger partial charge in [-0.1, -0.05) is 0 Å². The molecule has 0 aliphatic rings. The molecule has 17 heavy (non-hydrogen) atoms. The van der Waals surface area contributed by atoms with Crippen LogP contribution >= 0.6 is 11.3 Å². The molecule has 1 amide bonds. The van der Waals surface area contributed by atoms with Crippen molar-refractivity contribution in [2.24, 2.45) is 0 Å².